The Morgan fingerprint density at radius 1 is 1.07 bits per heavy atom. The second-order valence-electron chi connectivity index (χ2n) is 12.8. The Morgan fingerprint density at radius 2 is 1.73 bits per heavy atom. The van der Waals surface area contributed by atoms with Gasteiger partial charge in [-0.25, -0.2) is 14.4 Å². The van der Waals surface area contributed by atoms with Gasteiger partial charge in [-0.1, -0.05) is 32.0 Å². The molecule has 1 aromatic rings. The topological polar surface area (TPSA) is 195 Å². The van der Waals surface area contributed by atoms with Crippen molar-refractivity contribution in [2.45, 2.75) is 82.3 Å². The molecule has 3 aliphatic carbocycles. The monoisotopic (exact) mass is 618 g/mol. The number of ether oxygens (including phenoxy) is 5. The van der Waals surface area contributed by atoms with Gasteiger partial charge in [-0.3, -0.25) is 4.79 Å². The highest BCUT2D eigenvalue weighted by Crippen LogP contribution is 2.64. The Labute approximate surface area is 253 Å². The van der Waals surface area contributed by atoms with Crippen molar-refractivity contribution in [2.75, 3.05) is 20.3 Å². The molecule has 1 aromatic carbocycles. The number of esters is 2. The van der Waals surface area contributed by atoms with E-state index in [0.29, 0.717) is 0 Å². The number of ketones is 1. The lowest BCUT2D eigenvalue weighted by Crippen LogP contribution is -2.82. The van der Waals surface area contributed by atoms with Gasteiger partial charge in [0.15, 0.2) is 17.5 Å². The van der Waals surface area contributed by atoms with Crippen LogP contribution in [0.1, 0.15) is 50.9 Å². The molecule has 13 heteroatoms. The number of aliphatic hydroxyl groups excluding tert-OH is 3. The summed E-state index contributed by atoms with van der Waals surface area (Å²) >= 11 is 0. The number of aliphatic hydroxyl groups is 4. The lowest BCUT2D eigenvalue weighted by molar-refractivity contribution is -0.344. The molecule has 1 unspecified atom stereocenters. The first-order chi connectivity index (χ1) is 20.6. The van der Waals surface area contributed by atoms with Gasteiger partial charge in [-0.2, -0.15) is 0 Å². The van der Waals surface area contributed by atoms with Crippen LogP contribution in [0.25, 0.3) is 0 Å². The highest BCUT2D eigenvalue weighted by atomic mass is 16.8. The second-order valence-corrected chi connectivity index (χ2v) is 12.8. The summed E-state index contributed by atoms with van der Waals surface area (Å²) in [6.07, 6.45) is -9.19. The normalized spacial score (nSPS) is 39.0. The lowest BCUT2D eigenvalue weighted by atomic mass is 9.44. The maximum Gasteiger partial charge on any atom is 0.508 e. The fourth-order valence-corrected chi connectivity index (χ4v) is 7.84. The molecular formula is C31H38O13. The molecule has 44 heavy (non-hydrogen) atoms. The molecule has 0 radical (unpaired) electrons. The quantitative estimate of drug-likeness (QED) is 0.206. The molecule has 0 aromatic heterocycles. The molecule has 0 spiro atoms. The number of hydrogen-bond acceptors (Lipinski definition) is 13. The number of methoxy groups -OCH3 is 1. The fraction of sp³-hybridized carbons (Fsp3) is 0.613. The van der Waals surface area contributed by atoms with Crippen LogP contribution in [-0.2, 0) is 33.3 Å². The molecule has 1 saturated heterocycles. The van der Waals surface area contributed by atoms with E-state index in [-0.39, 0.29) is 29.7 Å². The van der Waals surface area contributed by atoms with Gasteiger partial charge in [0.25, 0.3) is 0 Å². The Balaban J connectivity index is 1.83. The van der Waals surface area contributed by atoms with Gasteiger partial charge in [0, 0.05) is 18.3 Å². The van der Waals surface area contributed by atoms with E-state index < -0.39 is 95.4 Å². The average molecular weight is 619 g/mol. The molecule has 240 valence electrons. The van der Waals surface area contributed by atoms with E-state index in [0.717, 1.165) is 7.11 Å². The number of fused-ring (bicyclic) bond motifs is 5. The SMILES string of the molecule is COC(=O)O[C@@]12CO[C@@H]1C[C@H](O)[C@@]1(C)C(=O)[C@H](OC(=O)CO)C3=C(C)[C@@H](O)C[C@@](O)([C@@H](OC(=O)c4ccccc4)C12)C3(C)C. The first-order valence-electron chi connectivity index (χ1n) is 14.4. The van der Waals surface area contributed by atoms with Crippen molar-refractivity contribution in [3.63, 3.8) is 0 Å². The third kappa shape index (κ3) is 4.39. The number of carbonyl (C=O) groups is 4. The van der Waals surface area contributed by atoms with Crippen molar-refractivity contribution in [1.82, 2.24) is 0 Å². The highest BCUT2D eigenvalue weighted by Gasteiger charge is 2.78. The van der Waals surface area contributed by atoms with E-state index in [9.17, 15) is 39.6 Å². The summed E-state index contributed by atoms with van der Waals surface area (Å²) in [6, 6.07) is 7.89. The molecule has 9 atom stereocenters. The summed E-state index contributed by atoms with van der Waals surface area (Å²) in [5, 5.41) is 45.5. The Kier molecular flexibility index (Phi) is 7.95. The Hall–Kier alpha value is -3.36. The summed E-state index contributed by atoms with van der Waals surface area (Å²) < 4.78 is 28.1. The van der Waals surface area contributed by atoms with E-state index in [1.54, 1.807) is 32.0 Å². The van der Waals surface area contributed by atoms with E-state index in [4.69, 9.17) is 23.7 Å². The van der Waals surface area contributed by atoms with E-state index >= 15 is 0 Å². The first kappa shape index (κ1) is 32.0. The fourth-order valence-electron chi connectivity index (χ4n) is 7.84. The van der Waals surface area contributed by atoms with Gasteiger partial charge in [0.2, 0.25) is 0 Å². The summed E-state index contributed by atoms with van der Waals surface area (Å²) in [5.74, 6) is -4.42. The number of benzene rings is 1. The molecule has 4 aliphatic rings. The van der Waals surface area contributed by atoms with Crippen LogP contribution < -0.4 is 0 Å². The number of rotatable bonds is 5. The summed E-state index contributed by atoms with van der Waals surface area (Å²) in [7, 11) is 1.08. The molecule has 0 amide bonds. The van der Waals surface area contributed by atoms with Gasteiger partial charge >= 0.3 is 18.1 Å². The van der Waals surface area contributed by atoms with Crippen LogP contribution in [0.4, 0.5) is 4.79 Å². The maximum absolute atomic E-state index is 14.9. The lowest BCUT2D eigenvalue weighted by Gasteiger charge is -2.67. The number of Topliss-reactive ketones (excluding diaryl/α,β-unsaturated/α-hetero) is 1. The van der Waals surface area contributed by atoms with E-state index in [1.807, 2.05) is 0 Å². The van der Waals surface area contributed by atoms with Crippen molar-refractivity contribution in [2.24, 2.45) is 16.7 Å². The minimum atomic E-state index is -2.22. The number of carbonyl (C=O) groups excluding carboxylic acids is 4. The minimum absolute atomic E-state index is 0.0353. The molecule has 13 nitrogen and oxygen atoms in total. The van der Waals surface area contributed by atoms with Crippen molar-refractivity contribution in [1.29, 1.82) is 0 Å². The smallest absolute Gasteiger partial charge is 0.455 e. The van der Waals surface area contributed by atoms with Crippen molar-refractivity contribution in [3.05, 3.63) is 47.0 Å². The van der Waals surface area contributed by atoms with Crippen molar-refractivity contribution >= 4 is 23.9 Å². The van der Waals surface area contributed by atoms with E-state index in [1.165, 1.54) is 26.0 Å². The van der Waals surface area contributed by atoms with Crippen LogP contribution in [0.5, 0.6) is 0 Å². The molecule has 1 aliphatic heterocycles. The first-order valence-corrected chi connectivity index (χ1v) is 14.4. The summed E-state index contributed by atoms with van der Waals surface area (Å²) in [5.41, 5.74) is -7.18. The summed E-state index contributed by atoms with van der Waals surface area (Å²) in [6.45, 7) is 4.62. The summed E-state index contributed by atoms with van der Waals surface area (Å²) in [4.78, 5) is 53.9. The third-order valence-electron chi connectivity index (χ3n) is 10.4. The van der Waals surface area contributed by atoms with Crippen LogP contribution in [0, 0.1) is 16.7 Å². The Bertz CT molecular complexity index is 1390. The molecule has 4 N–H and O–H groups in total. The molecule has 2 saturated carbocycles. The van der Waals surface area contributed by atoms with Gasteiger partial charge in [-0.15, -0.1) is 0 Å². The molecule has 2 bridgehead atoms. The van der Waals surface area contributed by atoms with Crippen LogP contribution in [0.2, 0.25) is 0 Å². The van der Waals surface area contributed by atoms with Crippen molar-refractivity contribution < 1.29 is 63.3 Å². The molecule has 5 rings (SSSR count). The largest absolute Gasteiger partial charge is 0.508 e. The molecular weight excluding hydrogens is 580 g/mol. The standard InChI is InChI=1S/C31H38O13/c1-15-17(33)12-31(39)25(43-26(37)16-9-7-6-8-10-16)23-29(4,18(34)11-19-30(23,14-41-19)44-27(38)40-5)24(36)22(42-20(35)13-32)21(15)28(31,2)3/h6-10,17-19,22-23,25,32-34,39H,11-14H2,1-5H3/t17-,18-,19+,22+,23?,25-,29+,30-,31+/m0/s1. The zero-order valence-electron chi connectivity index (χ0n) is 25.1. The van der Waals surface area contributed by atoms with Crippen molar-refractivity contribution in [3.8, 4) is 0 Å². The third-order valence-corrected chi connectivity index (χ3v) is 10.4. The highest BCUT2D eigenvalue weighted by molar-refractivity contribution is 5.95. The predicted molar refractivity (Wildman–Crippen MR) is 148 cm³/mol. The predicted octanol–water partition coefficient (Wildman–Crippen LogP) is 0.845. The average Bonchev–Trinajstić information content (AvgIpc) is 2.99. The zero-order valence-corrected chi connectivity index (χ0v) is 25.1. The van der Waals surface area contributed by atoms with E-state index in [2.05, 4.69) is 0 Å². The van der Waals surface area contributed by atoms with Crippen LogP contribution >= 0.6 is 0 Å². The van der Waals surface area contributed by atoms with Gasteiger partial charge in [0.05, 0.1) is 42.8 Å². The van der Waals surface area contributed by atoms with Gasteiger partial charge < -0.3 is 44.1 Å². The molecule has 3 fully saturated rings. The van der Waals surface area contributed by atoms with Crippen LogP contribution in [0.15, 0.2) is 41.5 Å². The van der Waals surface area contributed by atoms with Crippen LogP contribution in [0.3, 0.4) is 0 Å². The van der Waals surface area contributed by atoms with Gasteiger partial charge in [-0.05, 0) is 37.1 Å². The minimum Gasteiger partial charge on any atom is -0.455 e. The Morgan fingerprint density at radius 3 is 2.30 bits per heavy atom. The number of hydrogen-bond donors (Lipinski definition) is 4. The van der Waals surface area contributed by atoms with Crippen LogP contribution in [-0.4, -0.2) is 106 Å². The zero-order chi connectivity index (χ0) is 32.4. The van der Waals surface area contributed by atoms with Gasteiger partial charge in [0.1, 0.15) is 24.4 Å². The molecule has 1 heterocycles. The second kappa shape index (κ2) is 10.9. The maximum atomic E-state index is 14.9.